The number of nitrogens with one attached hydrogen (secondary N) is 1. The molecule has 3 aromatic rings. The summed E-state index contributed by atoms with van der Waals surface area (Å²) in [5.41, 5.74) is 1.56. The molecule has 1 aliphatic rings. The van der Waals surface area contributed by atoms with Crippen molar-refractivity contribution in [3.8, 4) is 5.75 Å². The average Bonchev–Trinajstić information content (AvgIpc) is 2.88. The number of hydrogen-bond donors (Lipinski definition) is 1. The van der Waals surface area contributed by atoms with E-state index < -0.39 is 28.7 Å². The molecule has 0 radical (unpaired) electrons. The number of rotatable bonds is 6. The first-order valence-electron chi connectivity index (χ1n) is 11.0. The number of carbonyl (C=O) groups excluding carboxylic acids is 4. The summed E-state index contributed by atoms with van der Waals surface area (Å²) < 4.78 is 6.00. The van der Waals surface area contributed by atoms with Crippen molar-refractivity contribution in [2.75, 3.05) is 4.90 Å². The minimum absolute atomic E-state index is 0.0541. The predicted molar refractivity (Wildman–Crippen MR) is 142 cm³/mol. The van der Waals surface area contributed by atoms with Gasteiger partial charge in [0.05, 0.1) is 10.6 Å². The zero-order valence-corrected chi connectivity index (χ0v) is 21.3. The monoisotopic (exact) mass is 575 g/mol. The molecule has 0 aromatic heterocycles. The maximum absolute atomic E-state index is 13.2. The maximum Gasteiger partial charge on any atom is 0.336 e. The number of esters is 1. The highest BCUT2D eigenvalue weighted by Gasteiger charge is 2.37. The van der Waals surface area contributed by atoms with Crippen LogP contribution in [-0.2, 0) is 14.4 Å². The molecule has 10 nitrogen and oxygen atoms in total. The van der Waals surface area contributed by atoms with Gasteiger partial charge in [0, 0.05) is 28.2 Å². The molecule has 0 bridgehead atoms. The summed E-state index contributed by atoms with van der Waals surface area (Å²) in [7, 11) is 0. The van der Waals surface area contributed by atoms with Gasteiger partial charge in [0.2, 0.25) is 0 Å². The minimum atomic E-state index is -0.890. The molecule has 1 heterocycles. The fourth-order valence-corrected chi connectivity index (χ4v) is 3.86. The van der Waals surface area contributed by atoms with E-state index in [1.165, 1.54) is 42.5 Å². The Kier molecular flexibility index (Phi) is 7.58. The van der Waals surface area contributed by atoms with Crippen molar-refractivity contribution < 1.29 is 28.8 Å². The average molecular weight is 576 g/mol. The lowest BCUT2D eigenvalue weighted by Crippen LogP contribution is -2.54. The van der Waals surface area contributed by atoms with Gasteiger partial charge in [0.25, 0.3) is 17.5 Å². The number of ether oxygens (including phenoxy) is 1. The molecule has 1 fully saturated rings. The van der Waals surface area contributed by atoms with Crippen LogP contribution in [0.15, 0.2) is 82.9 Å². The molecule has 1 saturated heterocycles. The van der Waals surface area contributed by atoms with Crippen molar-refractivity contribution >= 4 is 63.3 Å². The Bertz CT molecular complexity index is 1530. The SMILES string of the molecule is Cc1ccc(N2C(=O)NC(=O)/C(=C/c3cc(Br)ccc3OC(=O)/C=C/c3ccc([N+](=O)[O-])cc3)C2=O)cc1. The second kappa shape index (κ2) is 11.0. The summed E-state index contributed by atoms with van der Waals surface area (Å²) >= 11 is 3.32. The van der Waals surface area contributed by atoms with Gasteiger partial charge in [-0.05, 0) is 67.1 Å². The Balaban J connectivity index is 1.60. The Morgan fingerprint density at radius 2 is 1.71 bits per heavy atom. The largest absolute Gasteiger partial charge is 0.423 e. The molecule has 1 N–H and O–H groups in total. The van der Waals surface area contributed by atoms with Crippen LogP contribution in [0, 0.1) is 17.0 Å². The van der Waals surface area contributed by atoms with E-state index in [0.717, 1.165) is 16.5 Å². The van der Waals surface area contributed by atoms with Gasteiger partial charge >= 0.3 is 12.0 Å². The number of carbonyl (C=O) groups is 4. The Morgan fingerprint density at radius 3 is 2.37 bits per heavy atom. The molecule has 0 atom stereocenters. The molecule has 3 aromatic carbocycles. The van der Waals surface area contributed by atoms with Crippen molar-refractivity contribution in [1.29, 1.82) is 0 Å². The molecule has 11 heteroatoms. The van der Waals surface area contributed by atoms with E-state index in [1.54, 1.807) is 36.4 Å². The number of halogens is 1. The lowest BCUT2D eigenvalue weighted by Gasteiger charge is -2.26. The van der Waals surface area contributed by atoms with Gasteiger partial charge in [-0.2, -0.15) is 0 Å². The molecule has 0 spiro atoms. The summed E-state index contributed by atoms with van der Waals surface area (Å²) in [6.07, 6.45) is 3.79. The zero-order chi connectivity index (χ0) is 27.4. The number of nitrogens with zero attached hydrogens (tertiary/aromatic N) is 2. The van der Waals surface area contributed by atoms with Crippen LogP contribution in [0.3, 0.4) is 0 Å². The zero-order valence-electron chi connectivity index (χ0n) is 19.7. The summed E-state index contributed by atoms with van der Waals surface area (Å²) in [5, 5.41) is 12.9. The van der Waals surface area contributed by atoms with E-state index in [2.05, 4.69) is 21.2 Å². The van der Waals surface area contributed by atoms with Crippen LogP contribution >= 0.6 is 15.9 Å². The van der Waals surface area contributed by atoms with Crippen LogP contribution in [0.2, 0.25) is 0 Å². The van der Waals surface area contributed by atoms with Gasteiger partial charge in [0.15, 0.2) is 0 Å². The van der Waals surface area contributed by atoms with E-state index in [-0.39, 0.29) is 28.3 Å². The number of nitro benzene ring substituents is 1. The first-order valence-corrected chi connectivity index (χ1v) is 11.8. The molecule has 0 saturated carbocycles. The number of amides is 4. The van der Waals surface area contributed by atoms with E-state index in [9.17, 15) is 29.3 Å². The van der Waals surface area contributed by atoms with E-state index in [4.69, 9.17) is 4.74 Å². The lowest BCUT2D eigenvalue weighted by molar-refractivity contribution is -0.384. The Labute approximate surface area is 224 Å². The summed E-state index contributed by atoms with van der Waals surface area (Å²) in [4.78, 5) is 61.8. The fourth-order valence-electron chi connectivity index (χ4n) is 3.48. The number of nitro groups is 1. The number of hydrogen-bond acceptors (Lipinski definition) is 7. The van der Waals surface area contributed by atoms with E-state index >= 15 is 0 Å². The predicted octanol–water partition coefficient (Wildman–Crippen LogP) is 4.95. The molecular formula is C27H18BrN3O7. The van der Waals surface area contributed by atoms with E-state index in [0.29, 0.717) is 10.0 Å². The molecule has 0 unspecified atom stereocenters. The Morgan fingerprint density at radius 1 is 1.03 bits per heavy atom. The molecule has 0 aliphatic carbocycles. The van der Waals surface area contributed by atoms with Crippen molar-refractivity contribution in [2.24, 2.45) is 0 Å². The maximum atomic E-state index is 13.2. The number of barbiturate groups is 1. The normalized spacial score (nSPS) is 14.6. The third-order valence-electron chi connectivity index (χ3n) is 5.39. The van der Waals surface area contributed by atoms with Crippen LogP contribution in [0.25, 0.3) is 12.2 Å². The number of urea groups is 1. The molecule has 38 heavy (non-hydrogen) atoms. The van der Waals surface area contributed by atoms with Gasteiger partial charge < -0.3 is 4.74 Å². The quantitative estimate of drug-likeness (QED) is 0.110. The summed E-state index contributed by atoms with van der Waals surface area (Å²) in [5.74, 6) is -2.43. The highest BCUT2D eigenvalue weighted by Crippen LogP contribution is 2.28. The fraction of sp³-hybridized carbons (Fsp3) is 0.0370. The number of imide groups is 2. The molecule has 4 rings (SSSR count). The third-order valence-corrected chi connectivity index (χ3v) is 5.89. The van der Waals surface area contributed by atoms with Crippen molar-refractivity contribution in [2.45, 2.75) is 6.92 Å². The van der Waals surface area contributed by atoms with Crippen molar-refractivity contribution in [3.05, 3.63) is 110 Å². The van der Waals surface area contributed by atoms with Crippen molar-refractivity contribution in [1.82, 2.24) is 5.32 Å². The first-order chi connectivity index (χ1) is 18.1. The highest BCUT2D eigenvalue weighted by molar-refractivity contribution is 9.10. The topological polar surface area (TPSA) is 136 Å². The molecule has 1 aliphatic heterocycles. The Hall–Kier alpha value is -4.90. The first kappa shape index (κ1) is 26.2. The molecule has 4 amide bonds. The summed E-state index contributed by atoms with van der Waals surface area (Å²) in [6, 6.07) is 15.9. The third kappa shape index (κ3) is 5.90. The highest BCUT2D eigenvalue weighted by atomic mass is 79.9. The van der Waals surface area contributed by atoms with Gasteiger partial charge in [-0.1, -0.05) is 33.6 Å². The second-order valence-electron chi connectivity index (χ2n) is 8.08. The van der Waals surface area contributed by atoms with Crippen LogP contribution in [0.4, 0.5) is 16.2 Å². The van der Waals surface area contributed by atoms with E-state index in [1.807, 2.05) is 6.92 Å². The van der Waals surface area contributed by atoms with Gasteiger partial charge in [0.1, 0.15) is 11.3 Å². The number of anilines is 1. The van der Waals surface area contributed by atoms with Gasteiger partial charge in [-0.3, -0.25) is 25.0 Å². The smallest absolute Gasteiger partial charge is 0.336 e. The lowest BCUT2D eigenvalue weighted by atomic mass is 10.1. The van der Waals surface area contributed by atoms with Crippen LogP contribution in [0.1, 0.15) is 16.7 Å². The second-order valence-corrected chi connectivity index (χ2v) is 8.99. The molecule has 190 valence electrons. The van der Waals surface area contributed by atoms with Gasteiger partial charge in [-0.25, -0.2) is 14.5 Å². The minimum Gasteiger partial charge on any atom is -0.423 e. The summed E-state index contributed by atoms with van der Waals surface area (Å²) in [6.45, 7) is 1.86. The van der Waals surface area contributed by atoms with Crippen LogP contribution < -0.4 is 15.0 Å². The van der Waals surface area contributed by atoms with Crippen molar-refractivity contribution in [3.63, 3.8) is 0 Å². The number of benzene rings is 3. The van der Waals surface area contributed by atoms with Gasteiger partial charge in [-0.15, -0.1) is 0 Å². The number of non-ortho nitro benzene ring substituents is 1. The molecular weight excluding hydrogens is 558 g/mol. The standard InChI is InChI=1S/C27H18BrN3O7/c1-16-2-8-20(9-3-16)30-26(34)22(25(33)29-27(30)35)15-18-14-19(28)7-12-23(18)38-24(32)13-6-17-4-10-21(11-5-17)31(36)37/h2-15H,1H3,(H,29,33,35)/b13-6+,22-15-. The number of aryl methyl sites for hydroxylation is 1. The van der Waals surface area contributed by atoms with Crippen LogP contribution in [0.5, 0.6) is 5.75 Å². The van der Waals surface area contributed by atoms with Crippen LogP contribution in [-0.4, -0.2) is 28.7 Å².